The highest BCUT2D eigenvalue weighted by atomic mass is 16.6. The Kier molecular flexibility index (Phi) is 11.9. The number of aromatic nitrogens is 1. The van der Waals surface area contributed by atoms with Gasteiger partial charge in [0, 0.05) is 35.1 Å². The molecule has 0 spiro atoms. The van der Waals surface area contributed by atoms with E-state index in [1.165, 1.54) is 18.2 Å². The van der Waals surface area contributed by atoms with Crippen molar-refractivity contribution in [3.8, 4) is 11.5 Å². The molecule has 0 aliphatic carbocycles. The standard InChI is InChI=1S/C37H41N3O8/c1-7-46-35(41)32-25(3)39-26(4)33(34(32)28-10-8-11-29(19-28)40(43)44)36(42)47-23-37(5,6)22-45-21-24(2)18-27-13-15-30(16-14-27)48-31-12-9-17-38-20-31/h8-20,34,39H,7,21-23H2,1-6H3/b24-18+. The van der Waals surface area contributed by atoms with Gasteiger partial charge in [-0.2, -0.15) is 0 Å². The first-order valence-electron chi connectivity index (χ1n) is 15.6. The smallest absolute Gasteiger partial charge is 0.336 e. The van der Waals surface area contributed by atoms with Crippen molar-refractivity contribution in [2.45, 2.75) is 47.5 Å². The number of ether oxygens (including phenoxy) is 4. The van der Waals surface area contributed by atoms with Crippen LogP contribution in [0.15, 0.2) is 101 Å². The number of esters is 2. The molecule has 0 saturated heterocycles. The lowest BCUT2D eigenvalue weighted by Gasteiger charge is -2.31. The molecule has 2 aromatic carbocycles. The van der Waals surface area contributed by atoms with Crippen molar-refractivity contribution in [1.29, 1.82) is 0 Å². The van der Waals surface area contributed by atoms with Gasteiger partial charge in [0.2, 0.25) is 0 Å². The number of hydrogen-bond donors (Lipinski definition) is 1. The Balaban J connectivity index is 1.40. The average molecular weight is 656 g/mol. The monoisotopic (exact) mass is 655 g/mol. The number of benzene rings is 2. The molecular formula is C37H41N3O8. The van der Waals surface area contributed by atoms with Crippen LogP contribution >= 0.6 is 0 Å². The van der Waals surface area contributed by atoms with Crippen LogP contribution in [-0.2, 0) is 23.8 Å². The minimum absolute atomic E-state index is 0.0306. The number of hydrogen-bond acceptors (Lipinski definition) is 10. The van der Waals surface area contributed by atoms with Crippen LogP contribution in [0.5, 0.6) is 11.5 Å². The van der Waals surface area contributed by atoms with Gasteiger partial charge in [-0.25, -0.2) is 9.59 Å². The number of nitrogens with zero attached hydrogens (tertiary/aromatic N) is 2. The molecule has 0 saturated carbocycles. The Hall–Kier alpha value is -5.29. The van der Waals surface area contributed by atoms with Gasteiger partial charge in [-0.3, -0.25) is 15.1 Å². The van der Waals surface area contributed by atoms with Gasteiger partial charge < -0.3 is 24.3 Å². The number of allylic oxidation sites excluding steroid dienone is 2. The Bertz CT molecular complexity index is 1730. The molecule has 252 valence electrons. The van der Waals surface area contributed by atoms with Gasteiger partial charge in [-0.1, -0.05) is 44.2 Å². The molecule has 1 aliphatic heterocycles. The molecule has 11 heteroatoms. The van der Waals surface area contributed by atoms with Crippen LogP contribution in [0.25, 0.3) is 6.08 Å². The van der Waals surface area contributed by atoms with E-state index in [0.29, 0.717) is 41.7 Å². The second-order valence-corrected chi connectivity index (χ2v) is 12.3. The average Bonchev–Trinajstić information content (AvgIpc) is 3.05. The second-order valence-electron chi connectivity index (χ2n) is 12.3. The van der Waals surface area contributed by atoms with Crippen LogP contribution in [0, 0.1) is 15.5 Å². The molecule has 48 heavy (non-hydrogen) atoms. The molecule has 11 nitrogen and oxygen atoms in total. The molecule has 1 atom stereocenters. The quantitative estimate of drug-likeness (QED) is 0.107. The number of dihydropyridines is 1. The number of pyridine rings is 1. The van der Waals surface area contributed by atoms with E-state index in [4.69, 9.17) is 18.9 Å². The van der Waals surface area contributed by atoms with Crippen molar-refractivity contribution in [1.82, 2.24) is 10.3 Å². The molecule has 0 bridgehead atoms. The summed E-state index contributed by atoms with van der Waals surface area (Å²) in [7, 11) is 0. The lowest BCUT2D eigenvalue weighted by atomic mass is 9.80. The fraction of sp³-hybridized carbons (Fsp3) is 0.324. The Morgan fingerprint density at radius 1 is 0.958 bits per heavy atom. The Morgan fingerprint density at radius 2 is 1.65 bits per heavy atom. The summed E-state index contributed by atoms with van der Waals surface area (Å²) in [5, 5.41) is 14.7. The molecule has 1 unspecified atom stereocenters. The number of nitro groups is 1. The van der Waals surface area contributed by atoms with Gasteiger partial charge in [0.25, 0.3) is 5.69 Å². The van der Waals surface area contributed by atoms with Crippen LogP contribution in [0.4, 0.5) is 5.69 Å². The summed E-state index contributed by atoms with van der Waals surface area (Å²) in [6, 6.07) is 17.2. The summed E-state index contributed by atoms with van der Waals surface area (Å²) in [6.45, 7) is 11.7. The lowest BCUT2D eigenvalue weighted by Crippen LogP contribution is -2.34. The SMILES string of the molecule is CCOC(=O)C1=C(C)NC(C)=C(C(=O)OCC(C)(C)COC/C(C)=C/c2ccc(Oc3cccnc3)cc2)C1c1cccc([N+](=O)[O-])c1. The summed E-state index contributed by atoms with van der Waals surface area (Å²) in [4.78, 5) is 41.9. The van der Waals surface area contributed by atoms with Crippen LogP contribution in [-0.4, -0.2) is 48.3 Å². The zero-order valence-electron chi connectivity index (χ0n) is 28.1. The van der Waals surface area contributed by atoms with Crippen molar-refractivity contribution in [3.05, 3.63) is 122 Å². The van der Waals surface area contributed by atoms with E-state index in [9.17, 15) is 19.7 Å². The molecule has 0 amide bonds. The minimum Gasteiger partial charge on any atom is -0.463 e. The number of non-ortho nitro benzene ring substituents is 1. The fourth-order valence-corrected chi connectivity index (χ4v) is 5.27. The van der Waals surface area contributed by atoms with Gasteiger partial charge in [0.15, 0.2) is 0 Å². The second kappa shape index (κ2) is 16.0. The molecule has 0 radical (unpaired) electrons. The van der Waals surface area contributed by atoms with Crippen molar-refractivity contribution in [2.75, 3.05) is 26.4 Å². The number of nitrogens with one attached hydrogen (secondary N) is 1. The van der Waals surface area contributed by atoms with E-state index in [1.54, 1.807) is 39.2 Å². The molecule has 0 fully saturated rings. The third-order valence-electron chi connectivity index (χ3n) is 7.47. The van der Waals surface area contributed by atoms with Crippen molar-refractivity contribution >= 4 is 23.7 Å². The van der Waals surface area contributed by atoms with Crippen LogP contribution in [0.3, 0.4) is 0 Å². The predicted molar refractivity (Wildman–Crippen MR) is 181 cm³/mol. The van der Waals surface area contributed by atoms with E-state index >= 15 is 0 Å². The van der Waals surface area contributed by atoms with Gasteiger partial charge in [-0.15, -0.1) is 0 Å². The fourth-order valence-electron chi connectivity index (χ4n) is 5.27. The minimum atomic E-state index is -0.930. The molecular weight excluding hydrogens is 614 g/mol. The van der Waals surface area contributed by atoms with Crippen LogP contribution in [0.1, 0.15) is 58.6 Å². The number of nitro benzene ring substituents is 1. The van der Waals surface area contributed by atoms with E-state index in [-0.39, 0.29) is 30.0 Å². The number of carbonyl (C=O) groups is 2. The Morgan fingerprint density at radius 3 is 2.27 bits per heavy atom. The topological polar surface area (TPSA) is 139 Å². The summed E-state index contributed by atoms with van der Waals surface area (Å²) < 4.78 is 22.9. The largest absolute Gasteiger partial charge is 0.463 e. The third-order valence-corrected chi connectivity index (χ3v) is 7.47. The van der Waals surface area contributed by atoms with Gasteiger partial charge >= 0.3 is 11.9 Å². The highest BCUT2D eigenvalue weighted by molar-refractivity contribution is 6.00. The molecule has 3 aromatic rings. The third kappa shape index (κ3) is 9.38. The van der Waals surface area contributed by atoms with Crippen molar-refractivity contribution < 1.29 is 33.5 Å². The highest BCUT2D eigenvalue weighted by Gasteiger charge is 2.39. The number of carbonyl (C=O) groups excluding carboxylic acids is 2. The van der Waals surface area contributed by atoms with Gasteiger partial charge in [0.05, 0.1) is 54.6 Å². The van der Waals surface area contributed by atoms with E-state index in [2.05, 4.69) is 10.3 Å². The lowest BCUT2D eigenvalue weighted by molar-refractivity contribution is -0.384. The molecule has 1 aliphatic rings. The zero-order chi connectivity index (χ0) is 34.8. The molecule has 1 aromatic heterocycles. The maximum atomic E-state index is 13.7. The zero-order valence-corrected chi connectivity index (χ0v) is 28.1. The van der Waals surface area contributed by atoms with Crippen molar-refractivity contribution in [2.24, 2.45) is 5.41 Å². The molecule has 4 rings (SSSR count). The van der Waals surface area contributed by atoms with Crippen LogP contribution < -0.4 is 10.1 Å². The summed E-state index contributed by atoms with van der Waals surface area (Å²) in [6.07, 6.45) is 5.37. The Labute approximate surface area is 280 Å². The van der Waals surface area contributed by atoms with Gasteiger partial charge in [-0.05, 0) is 68.7 Å². The maximum Gasteiger partial charge on any atom is 0.336 e. The number of rotatable bonds is 14. The highest BCUT2D eigenvalue weighted by Crippen LogP contribution is 2.40. The normalized spacial score (nSPS) is 15.1. The summed E-state index contributed by atoms with van der Waals surface area (Å²) >= 11 is 0. The molecule has 1 N–H and O–H groups in total. The van der Waals surface area contributed by atoms with Crippen molar-refractivity contribution in [3.63, 3.8) is 0 Å². The predicted octanol–water partition coefficient (Wildman–Crippen LogP) is 7.27. The van der Waals surface area contributed by atoms with Crippen LogP contribution in [0.2, 0.25) is 0 Å². The molecule has 2 heterocycles. The first kappa shape index (κ1) is 35.6. The first-order chi connectivity index (χ1) is 22.9. The first-order valence-corrected chi connectivity index (χ1v) is 15.6. The van der Waals surface area contributed by atoms with E-state index in [1.807, 2.05) is 63.2 Å². The van der Waals surface area contributed by atoms with E-state index in [0.717, 1.165) is 11.1 Å². The summed E-state index contributed by atoms with van der Waals surface area (Å²) in [5.74, 6) is -0.828. The van der Waals surface area contributed by atoms with Gasteiger partial charge in [0.1, 0.15) is 11.5 Å². The summed E-state index contributed by atoms with van der Waals surface area (Å²) in [5.41, 5.74) is 3.04. The van der Waals surface area contributed by atoms with E-state index < -0.39 is 28.2 Å². The maximum absolute atomic E-state index is 13.7.